The Labute approximate surface area is 247 Å². The molecule has 222 valence electrons. The van der Waals surface area contributed by atoms with Crippen LogP contribution in [0.4, 0.5) is 8.78 Å². The molecule has 0 bridgehead atoms. The van der Waals surface area contributed by atoms with Crippen LogP contribution in [0.1, 0.15) is 23.1 Å². The van der Waals surface area contributed by atoms with Crippen LogP contribution in [0.3, 0.4) is 0 Å². The number of carbonyl (C=O) groups excluding carboxylic acids is 2. The van der Waals surface area contributed by atoms with Gasteiger partial charge in [-0.1, -0.05) is 49.3 Å². The molecule has 0 heterocycles. The molecule has 0 radical (unpaired) electrons. The van der Waals surface area contributed by atoms with Crippen LogP contribution in [0.2, 0.25) is 0 Å². The van der Waals surface area contributed by atoms with E-state index in [4.69, 9.17) is 29.5 Å². The van der Waals surface area contributed by atoms with E-state index in [2.05, 4.69) is 25.0 Å². The fourth-order valence-electron chi connectivity index (χ4n) is 3.39. The lowest BCUT2D eigenvalue weighted by atomic mass is 10.0. The molecule has 0 fully saturated rings. The Morgan fingerprint density at radius 1 is 0.791 bits per heavy atom. The zero-order valence-electron chi connectivity index (χ0n) is 23.0. The molecule has 3 aromatic rings. The summed E-state index contributed by atoms with van der Waals surface area (Å²) in [4.78, 5) is 33.4. The van der Waals surface area contributed by atoms with E-state index < -0.39 is 38.0 Å². The van der Waals surface area contributed by atoms with Crippen molar-refractivity contribution in [2.45, 2.75) is 12.8 Å². The Morgan fingerprint density at radius 2 is 1.37 bits per heavy atom. The molecule has 0 amide bonds. The van der Waals surface area contributed by atoms with Gasteiger partial charge in [0.15, 0.2) is 5.75 Å². The van der Waals surface area contributed by atoms with Crippen LogP contribution < -0.4 is 9.62 Å². The summed E-state index contributed by atoms with van der Waals surface area (Å²) in [6, 6.07) is 19.2. The summed E-state index contributed by atoms with van der Waals surface area (Å²) < 4.78 is 34.8. The van der Waals surface area contributed by atoms with Crippen LogP contribution >= 0.6 is 0 Å². The standard InChI is InChI=1S/C33H28F2O8/c1-22(19-36)32(38)41-21-40-29-16-28(17-30(18-29)42-43-33(39)23(2)20-37)27-14-12-26(13-15-27)11-10-25-8-6-24(7-9-25)4-3-5-31(34)35/h5-9,12-18,36-37H,1-4,19-21H2. The van der Waals surface area contributed by atoms with Crippen molar-refractivity contribution < 1.29 is 47.8 Å². The van der Waals surface area contributed by atoms with E-state index in [1.54, 1.807) is 36.4 Å². The molecule has 43 heavy (non-hydrogen) atoms. The molecule has 3 rings (SSSR count). The third kappa shape index (κ3) is 10.6. The van der Waals surface area contributed by atoms with E-state index in [1.807, 2.05) is 24.3 Å². The van der Waals surface area contributed by atoms with E-state index in [-0.39, 0.29) is 29.1 Å². The molecular weight excluding hydrogens is 562 g/mol. The monoisotopic (exact) mass is 590 g/mol. The molecule has 0 aliphatic carbocycles. The molecule has 8 nitrogen and oxygen atoms in total. The first-order valence-electron chi connectivity index (χ1n) is 12.8. The third-order valence-corrected chi connectivity index (χ3v) is 5.72. The van der Waals surface area contributed by atoms with Gasteiger partial charge in [-0.25, -0.2) is 14.5 Å². The van der Waals surface area contributed by atoms with Crippen LogP contribution in [0.15, 0.2) is 103 Å². The molecular formula is C33H28F2O8. The highest BCUT2D eigenvalue weighted by atomic mass is 19.3. The number of carbonyl (C=O) groups is 2. The molecule has 0 saturated carbocycles. The van der Waals surface area contributed by atoms with E-state index in [0.29, 0.717) is 12.0 Å². The SMILES string of the molecule is C=C(CO)C(=O)OCOc1cc(OOC(=O)C(=C)CO)cc(-c2ccc(C#Cc3ccc(CCC=C(F)F)cc3)cc2)c1. The molecule has 2 N–H and O–H groups in total. The fraction of sp³-hybridized carbons (Fsp3) is 0.152. The summed E-state index contributed by atoms with van der Waals surface area (Å²) in [5.74, 6) is 4.61. The summed E-state index contributed by atoms with van der Waals surface area (Å²) in [6.07, 6.45) is -0.00809. The molecule has 10 heteroatoms. The van der Waals surface area contributed by atoms with Crippen molar-refractivity contribution >= 4 is 11.9 Å². The molecule has 0 aliphatic rings. The number of rotatable bonds is 13. The smallest absolute Gasteiger partial charge is 0.383 e. The quantitative estimate of drug-likeness (QED) is 0.0691. The highest BCUT2D eigenvalue weighted by Gasteiger charge is 2.13. The number of benzene rings is 3. The van der Waals surface area contributed by atoms with Gasteiger partial charge < -0.3 is 19.7 Å². The predicted molar refractivity (Wildman–Crippen MR) is 154 cm³/mol. The van der Waals surface area contributed by atoms with Crippen molar-refractivity contribution in [3.63, 3.8) is 0 Å². The van der Waals surface area contributed by atoms with Gasteiger partial charge in [0.05, 0.1) is 24.4 Å². The van der Waals surface area contributed by atoms with Crippen LogP contribution in [-0.4, -0.2) is 42.2 Å². The lowest BCUT2D eigenvalue weighted by Gasteiger charge is -2.12. The maximum absolute atomic E-state index is 12.2. The Morgan fingerprint density at radius 3 is 1.98 bits per heavy atom. The number of aliphatic hydroxyl groups is 2. The number of ether oxygens (including phenoxy) is 2. The van der Waals surface area contributed by atoms with Gasteiger partial charge in [0.2, 0.25) is 6.79 Å². The van der Waals surface area contributed by atoms with Crippen molar-refractivity contribution in [2.24, 2.45) is 0 Å². The zero-order valence-corrected chi connectivity index (χ0v) is 23.0. The molecule has 0 aliphatic heterocycles. The summed E-state index contributed by atoms with van der Waals surface area (Å²) >= 11 is 0. The van der Waals surface area contributed by atoms with E-state index in [1.165, 1.54) is 6.07 Å². The first-order chi connectivity index (χ1) is 20.7. The number of aliphatic hydroxyl groups excluding tert-OH is 2. The predicted octanol–water partition coefficient (Wildman–Crippen LogP) is 5.28. The lowest BCUT2D eigenvalue weighted by Crippen LogP contribution is -2.14. The molecule has 0 unspecified atom stereocenters. The van der Waals surface area contributed by atoms with Crippen LogP contribution in [0, 0.1) is 11.8 Å². The first kappa shape index (κ1) is 32.3. The van der Waals surface area contributed by atoms with Crippen molar-refractivity contribution in [2.75, 3.05) is 20.0 Å². The molecule has 0 atom stereocenters. The third-order valence-electron chi connectivity index (χ3n) is 5.72. The van der Waals surface area contributed by atoms with Crippen molar-refractivity contribution in [1.82, 2.24) is 0 Å². The van der Waals surface area contributed by atoms with Crippen molar-refractivity contribution in [3.8, 4) is 34.5 Å². The summed E-state index contributed by atoms with van der Waals surface area (Å²) in [7, 11) is 0. The number of halogens is 2. The Hall–Kier alpha value is -5.24. The first-order valence-corrected chi connectivity index (χ1v) is 12.8. The number of hydrogen-bond donors (Lipinski definition) is 2. The average molecular weight is 591 g/mol. The zero-order chi connectivity index (χ0) is 31.2. The van der Waals surface area contributed by atoms with E-state index in [0.717, 1.165) is 28.3 Å². The van der Waals surface area contributed by atoms with Gasteiger partial charge in [-0.2, -0.15) is 8.78 Å². The Bertz CT molecular complexity index is 1540. The van der Waals surface area contributed by atoms with Crippen molar-refractivity contribution in [3.05, 3.63) is 120 Å². The lowest BCUT2D eigenvalue weighted by molar-refractivity contribution is -0.209. The van der Waals surface area contributed by atoms with Gasteiger partial charge in [0.25, 0.3) is 6.08 Å². The Balaban J connectivity index is 1.75. The normalized spacial score (nSPS) is 10.0. The van der Waals surface area contributed by atoms with Gasteiger partial charge in [-0.05, 0) is 72.0 Å². The van der Waals surface area contributed by atoms with E-state index >= 15 is 0 Å². The van der Waals surface area contributed by atoms with Crippen LogP contribution in [0.25, 0.3) is 11.1 Å². The maximum atomic E-state index is 12.2. The van der Waals surface area contributed by atoms with Gasteiger partial charge in [0.1, 0.15) is 5.75 Å². The highest BCUT2D eigenvalue weighted by Crippen LogP contribution is 2.30. The number of hydrogen-bond acceptors (Lipinski definition) is 8. The molecule has 3 aromatic carbocycles. The van der Waals surface area contributed by atoms with Gasteiger partial charge >= 0.3 is 11.9 Å². The maximum Gasteiger partial charge on any atom is 0.383 e. The largest absolute Gasteiger partial charge is 0.457 e. The number of allylic oxidation sites excluding steroid dienone is 1. The molecule has 0 spiro atoms. The summed E-state index contributed by atoms with van der Waals surface area (Å²) in [5, 5.41) is 18.0. The average Bonchev–Trinajstić information content (AvgIpc) is 3.02. The fourth-order valence-corrected chi connectivity index (χ4v) is 3.39. The highest BCUT2D eigenvalue weighted by molar-refractivity contribution is 5.88. The topological polar surface area (TPSA) is 112 Å². The van der Waals surface area contributed by atoms with Crippen molar-refractivity contribution in [1.29, 1.82) is 0 Å². The minimum atomic E-state index is -1.68. The Kier molecular flexibility index (Phi) is 12.2. The van der Waals surface area contributed by atoms with Crippen LogP contribution in [0.5, 0.6) is 11.5 Å². The second-order valence-electron chi connectivity index (χ2n) is 8.92. The minimum Gasteiger partial charge on any atom is -0.457 e. The van der Waals surface area contributed by atoms with E-state index in [9.17, 15) is 18.4 Å². The number of aryl methyl sites for hydroxylation is 1. The summed E-state index contributed by atoms with van der Waals surface area (Å²) in [5.41, 5.74) is 3.40. The second-order valence-corrected chi connectivity index (χ2v) is 8.92. The van der Waals surface area contributed by atoms with Gasteiger partial charge in [0, 0.05) is 17.2 Å². The molecule has 0 aromatic heterocycles. The molecule has 0 saturated heterocycles. The second kappa shape index (κ2) is 16.3. The minimum absolute atomic E-state index is 0.0656. The van der Waals surface area contributed by atoms with Gasteiger partial charge in [-0.15, -0.1) is 0 Å². The van der Waals surface area contributed by atoms with Gasteiger partial charge in [-0.3, -0.25) is 4.89 Å². The van der Waals surface area contributed by atoms with Crippen LogP contribution in [-0.2, 0) is 25.6 Å². The summed E-state index contributed by atoms with van der Waals surface area (Å²) in [6.45, 7) is 5.08. The number of esters is 1.